The summed E-state index contributed by atoms with van der Waals surface area (Å²) in [6.07, 6.45) is 8.61. The molecule has 1 saturated carbocycles. The fourth-order valence-corrected chi connectivity index (χ4v) is 5.33. The van der Waals surface area contributed by atoms with Crippen molar-refractivity contribution in [2.24, 2.45) is 5.92 Å². The van der Waals surface area contributed by atoms with Crippen molar-refractivity contribution in [2.75, 3.05) is 11.9 Å². The van der Waals surface area contributed by atoms with Crippen LogP contribution in [0.1, 0.15) is 61.0 Å². The van der Waals surface area contributed by atoms with E-state index in [1.165, 1.54) is 5.56 Å². The Morgan fingerprint density at radius 3 is 2.49 bits per heavy atom. The topological polar surface area (TPSA) is 72.7 Å². The summed E-state index contributed by atoms with van der Waals surface area (Å²) in [5, 5.41) is 3.40. The number of imidazole rings is 1. The molecule has 37 heavy (non-hydrogen) atoms. The number of rotatable bonds is 7. The summed E-state index contributed by atoms with van der Waals surface area (Å²) in [5.41, 5.74) is 5.18. The van der Waals surface area contributed by atoms with Gasteiger partial charge in [-0.15, -0.1) is 0 Å². The largest absolute Gasteiger partial charge is 0.466 e. The lowest BCUT2D eigenvalue weighted by Gasteiger charge is -2.28. The van der Waals surface area contributed by atoms with Gasteiger partial charge in [-0.1, -0.05) is 41.9 Å². The third-order valence-corrected chi connectivity index (χ3v) is 7.32. The molecule has 2 aromatic carbocycles. The quantitative estimate of drug-likeness (QED) is 0.266. The maximum Gasteiger partial charge on any atom is 0.306 e. The highest BCUT2D eigenvalue weighted by atomic mass is 35.5. The summed E-state index contributed by atoms with van der Waals surface area (Å²) in [5.74, 6) is 0.617. The lowest BCUT2D eigenvalue weighted by Crippen LogP contribution is -2.17. The van der Waals surface area contributed by atoms with E-state index < -0.39 is 0 Å². The van der Waals surface area contributed by atoms with Gasteiger partial charge in [-0.3, -0.25) is 9.59 Å². The number of fused-ring (bicyclic) bond motifs is 1. The van der Waals surface area contributed by atoms with E-state index in [4.69, 9.17) is 16.3 Å². The second-order valence-corrected chi connectivity index (χ2v) is 10.1. The van der Waals surface area contributed by atoms with Gasteiger partial charge in [0.25, 0.3) is 5.91 Å². The van der Waals surface area contributed by atoms with E-state index in [0.717, 1.165) is 36.8 Å². The van der Waals surface area contributed by atoms with Crippen LogP contribution >= 0.6 is 11.6 Å². The maximum atomic E-state index is 12.7. The lowest BCUT2D eigenvalue weighted by atomic mass is 9.77. The van der Waals surface area contributed by atoms with E-state index in [1.54, 1.807) is 30.5 Å². The Labute approximate surface area is 221 Å². The van der Waals surface area contributed by atoms with Crippen molar-refractivity contribution in [3.8, 4) is 11.1 Å². The fraction of sp³-hybridized carbons (Fsp3) is 0.300. The van der Waals surface area contributed by atoms with Crippen LogP contribution in [0.2, 0.25) is 5.02 Å². The number of carbonyl (C=O) groups excluding carboxylic acids is 2. The number of hydrogen-bond acceptors (Lipinski definition) is 4. The van der Waals surface area contributed by atoms with Crippen LogP contribution in [-0.2, 0) is 9.53 Å². The minimum atomic E-state index is -0.283. The number of nitrogens with zero attached hydrogens (tertiary/aromatic N) is 2. The molecule has 5 rings (SSSR count). The second kappa shape index (κ2) is 11.2. The van der Waals surface area contributed by atoms with Gasteiger partial charge >= 0.3 is 5.97 Å². The maximum absolute atomic E-state index is 12.7. The summed E-state index contributed by atoms with van der Waals surface area (Å²) in [4.78, 5) is 28.9. The highest BCUT2D eigenvalue weighted by molar-refractivity contribution is 6.30. The zero-order valence-corrected chi connectivity index (χ0v) is 21.6. The molecule has 2 aromatic heterocycles. The first-order valence-electron chi connectivity index (χ1n) is 12.8. The third-order valence-electron chi connectivity index (χ3n) is 7.09. The summed E-state index contributed by atoms with van der Waals surface area (Å²) in [6, 6.07) is 19.7. The molecule has 0 atom stereocenters. The predicted octanol–water partition coefficient (Wildman–Crippen LogP) is 7.13. The van der Waals surface area contributed by atoms with E-state index in [9.17, 15) is 9.59 Å². The standard InChI is InChI=1S/C30H30ClN3O3/c1-2-37-29(35)16-20-6-8-21(9-7-20)22-10-12-23(13-11-22)24-14-15-28-33-27(19-34(28)18-24)30(36)32-26-5-3-4-25(31)17-26/h3-5,10-15,17-21H,2,6-9,16H2,1H3,(H,32,36). The van der Waals surface area contributed by atoms with E-state index in [1.807, 2.05) is 29.7 Å². The molecule has 1 amide bonds. The molecule has 0 radical (unpaired) electrons. The molecule has 0 unspecified atom stereocenters. The Hall–Kier alpha value is -3.64. The molecule has 1 N–H and O–H groups in total. The molecule has 1 fully saturated rings. The highest BCUT2D eigenvalue weighted by Crippen LogP contribution is 2.37. The Kier molecular flexibility index (Phi) is 7.56. The molecule has 190 valence electrons. The van der Waals surface area contributed by atoms with Crippen LogP contribution in [0.15, 0.2) is 73.1 Å². The highest BCUT2D eigenvalue weighted by Gasteiger charge is 2.24. The SMILES string of the molecule is CCOC(=O)CC1CCC(c2ccc(-c3ccc4nc(C(=O)Nc5cccc(Cl)c5)cn4c3)cc2)CC1. The number of ether oxygens (including phenoxy) is 1. The molecule has 1 aliphatic rings. The molecule has 4 aromatic rings. The molecule has 7 heteroatoms. The van der Waals surface area contributed by atoms with Crippen LogP contribution < -0.4 is 5.32 Å². The van der Waals surface area contributed by atoms with E-state index >= 15 is 0 Å². The zero-order valence-electron chi connectivity index (χ0n) is 20.8. The van der Waals surface area contributed by atoms with E-state index in [0.29, 0.717) is 46.9 Å². The number of hydrogen-bond donors (Lipinski definition) is 1. The normalized spacial score (nSPS) is 17.5. The molecule has 6 nitrogen and oxygen atoms in total. The number of halogens is 1. The summed E-state index contributed by atoms with van der Waals surface area (Å²) >= 11 is 6.01. The van der Waals surface area contributed by atoms with Crippen molar-refractivity contribution in [3.05, 3.63) is 89.3 Å². The van der Waals surface area contributed by atoms with Gasteiger partial charge in [0, 0.05) is 29.5 Å². The molecular weight excluding hydrogens is 486 g/mol. The Morgan fingerprint density at radius 2 is 1.76 bits per heavy atom. The van der Waals surface area contributed by atoms with Gasteiger partial charge in [-0.05, 0) is 91.5 Å². The van der Waals surface area contributed by atoms with Crippen molar-refractivity contribution < 1.29 is 14.3 Å². The summed E-state index contributed by atoms with van der Waals surface area (Å²) in [7, 11) is 0. The number of nitrogens with one attached hydrogen (secondary N) is 1. The first-order valence-corrected chi connectivity index (χ1v) is 13.2. The molecule has 0 spiro atoms. The Bertz CT molecular complexity index is 1410. The first-order chi connectivity index (χ1) is 18.0. The fourth-order valence-electron chi connectivity index (χ4n) is 5.14. The number of carbonyl (C=O) groups is 2. The molecule has 0 saturated heterocycles. The second-order valence-electron chi connectivity index (χ2n) is 9.62. The lowest BCUT2D eigenvalue weighted by molar-refractivity contribution is -0.144. The molecule has 0 aliphatic heterocycles. The Balaban J connectivity index is 1.23. The minimum Gasteiger partial charge on any atom is -0.466 e. The smallest absolute Gasteiger partial charge is 0.306 e. The van der Waals surface area contributed by atoms with Crippen molar-refractivity contribution in [2.45, 2.75) is 44.9 Å². The molecule has 2 heterocycles. The van der Waals surface area contributed by atoms with Gasteiger partial charge in [0.05, 0.1) is 6.61 Å². The minimum absolute atomic E-state index is 0.0704. The number of amides is 1. The van der Waals surface area contributed by atoms with Crippen LogP contribution in [0.4, 0.5) is 5.69 Å². The van der Waals surface area contributed by atoms with Crippen molar-refractivity contribution >= 4 is 34.8 Å². The van der Waals surface area contributed by atoms with E-state index in [2.05, 4.69) is 34.6 Å². The van der Waals surface area contributed by atoms with Crippen LogP contribution in [0.3, 0.4) is 0 Å². The molecular formula is C30H30ClN3O3. The zero-order chi connectivity index (χ0) is 25.8. The monoisotopic (exact) mass is 515 g/mol. The van der Waals surface area contributed by atoms with Crippen LogP contribution in [0.25, 0.3) is 16.8 Å². The number of esters is 1. The van der Waals surface area contributed by atoms with Gasteiger partial charge in [-0.25, -0.2) is 4.98 Å². The van der Waals surface area contributed by atoms with Gasteiger partial charge in [0.15, 0.2) is 0 Å². The molecule has 0 bridgehead atoms. The predicted molar refractivity (Wildman–Crippen MR) is 146 cm³/mol. The van der Waals surface area contributed by atoms with Gasteiger partial charge in [0.2, 0.25) is 0 Å². The van der Waals surface area contributed by atoms with Gasteiger partial charge < -0.3 is 14.5 Å². The van der Waals surface area contributed by atoms with E-state index in [-0.39, 0.29) is 11.9 Å². The third kappa shape index (κ3) is 6.03. The number of pyridine rings is 1. The Morgan fingerprint density at radius 1 is 1.00 bits per heavy atom. The van der Waals surface area contributed by atoms with Crippen LogP contribution in [0, 0.1) is 5.92 Å². The average Bonchev–Trinajstić information content (AvgIpc) is 3.33. The van der Waals surface area contributed by atoms with Crippen molar-refractivity contribution in [3.63, 3.8) is 0 Å². The number of aromatic nitrogens is 2. The average molecular weight is 516 g/mol. The molecule has 1 aliphatic carbocycles. The van der Waals surface area contributed by atoms with Gasteiger partial charge in [-0.2, -0.15) is 0 Å². The van der Waals surface area contributed by atoms with Gasteiger partial charge in [0.1, 0.15) is 11.3 Å². The first kappa shape index (κ1) is 25.0. The van der Waals surface area contributed by atoms with Crippen LogP contribution in [0.5, 0.6) is 0 Å². The van der Waals surface area contributed by atoms with Crippen molar-refractivity contribution in [1.82, 2.24) is 9.38 Å². The van der Waals surface area contributed by atoms with Crippen molar-refractivity contribution in [1.29, 1.82) is 0 Å². The summed E-state index contributed by atoms with van der Waals surface area (Å²) < 4.78 is 6.99. The number of anilines is 1. The number of benzene rings is 2. The van der Waals surface area contributed by atoms with Crippen LogP contribution in [-0.4, -0.2) is 27.9 Å². The summed E-state index contributed by atoms with van der Waals surface area (Å²) in [6.45, 7) is 2.31.